The van der Waals surface area contributed by atoms with Crippen molar-refractivity contribution in [2.24, 2.45) is 10.7 Å². The minimum absolute atomic E-state index is 0.101. The zero-order valence-corrected chi connectivity index (χ0v) is 12.9. The fraction of sp³-hybridized carbons (Fsp3) is 0.429. The van der Waals surface area contributed by atoms with Crippen LogP contribution in [0.25, 0.3) is 0 Å². The number of aromatic nitrogens is 3. The molecular formula is C14H20N6O. The molecule has 0 aliphatic carbocycles. The Labute approximate surface area is 123 Å². The Balaban J connectivity index is 2.16. The molecule has 0 aliphatic heterocycles. The van der Waals surface area contributed by atoms with Gasteiger partial charge < -0.3 is 10.3 Å². The second kappa shape index (κ2) is 5.51. The minimum Gasteiger partial charge on any atom is -0.369 e. The number of nitrogens with zero attached hydrogens (tertiary/aromatic N) is 4. The molecule has 0 amide bonds. The molecule has 0 unspecified atom stereocenters. The van der Waals surface area contributed by atoms with Crippen LogP contribution in [0, 0.1) is 13.8 Å². The summed E-state index contributed by atoms with van der Waals surface area (Å²) in [5, 5.41) is 6.82. The van der Waals surface area contributed by atoms with Gasteiger partial charge in [0.15, 0.2) is 0 Å². The molecule has 0 fully saturated rings. The number of guanidine groups is 1. The van der Waals surface area contributed by atoms with Crippen molar-refractivity contribution in [1.29, 1.82) is 0 Å². The smallest absolute Gasteiger partial charge is 0.253 e. The van der Waals surface area contributed by atoms with Gasteiger partial charge in [0.05, 0.1) is 5.69 Å². The average molecular weight is 288 g/mol. The van der Waals surface area contributed by atoms with Crippen LogP contribution >= 0.6 is 0 Å². The number of nitrogens with one attached hydrogen (secondary N) is 1. The summed E-state index contributed by atoms with van der Waals surface area (Å²) in [4.78, 5) is 12.6. The van der Waals surface area contributed by atoms with Crippen LogP contribution in [-0.4, -0.2) is 21.1 Å². The number of aliphatic imine (C=N–C) groups is 1. The normalized spacial score (nSPS) is 12.5. The van der Waals surface area contributed by atoms with Gasteiger partial charge >= 0.3 is 0 Å². The summed E-state index contributed by atoms with van der Waals surface area (Å²) >= 11 is 0. The lowest BCUT2D eigenvalue weighted by molar-refractivity contribution is 0.401. The molecule has 0 bridgehead atoms. The van der Waals surface area contributed by atoms with Gasteiger partial charge in [-0.3, -0.25) is 5.32 Å². The molecule has 0 saturated heterocycles. The zero-order valence-electron chi connectivity index (χ0n) is 12.9. The first-order chi connectivity index (χ1) is 9.74. The van der Waals surface area contributed by atoms with Crippen LogP contribution in [0.2, 0.25) is 0 Å². The Morgan fingerprint density at radius 1 is 1.19 bits per heavy atom. The van der Waals surface area contributed by atoms with E-state index in [0.29, 0.717) is 11.8 Å². The minimum atomic E-state index is -0.101. The van der Waals surface area contributed by atoms with Gasteiger partial charge in [0.2, 0.25) is 11.9 Å². The first kappa shape index (κ1) is 15.0. The largest absolute Gasteiger partial charge is 0.369 e. The van der Waals surface area contributed by atoms with Crippen LogP contribution in [0.1, 0.15) is 37.9 Å². The van der Waals surface area contributed by atoms with Gasteiger partial charge in [0.25, 0.3) is 5.88 Å². The van der Waals surface area contributed by atoms with Crippen LogP contribution in [0.4, 0.5) is 11.8 Å². The zero-order chi connectivity index (χ0) is 15.6. The number of hydrogen-bond donors (Lipinski definition) is 2. The molecule has 0 atom stereocenters. The van der Waals surface area contributed by atoms with E-state index in [9.17, 15) is 0 Å². The molecule has 2 heterocycles. The molecule has 3 N–H and O–H groups in total. The number of rotatable bonds is 2. The quantitative estimate of drug-likeness (QED) is 0.650. The maximum Gasteiger partial charge on any atom is 0.253 e. The number of nitrogens with two attached hydrogens (primary N) is 1. The summed E-state index contributed by atoms with van der Waals surface area (Å²) in [6.07, 6.45) is 0. The molecule has 0 spiro atoms. The van der Waals surface area contributed by atoms with Crippen molar-refractivity contribution < 1.29 is 4.52 Å². The fourth-order valence-electron chi connectivity index (χ4n) is 1.71. The van der Waals surface area contributed by atoms with E-state index in [0.717, 1.165) is 17.1 Å². The molecule has 2 rings (SSSR count). The lowest BCUT2D eigenvalue weighted by atomic mass is 9.92. The molecule has 21 heavy (non-hydrogen) atoms. The van der Waals surface area contributed by atoms with Crippen LogP contribution in [0.5, 0.6) is 0 Å². The Morgan fingerprint density at radius 2 is 1.81 bits per heavy atom. The third-order valence-corrected chi connectivity index (χ3v) is 2.72. The topological polar surface area (TPSA) is 102 Å². The third-order valence-electron chi connectivity index (χ3n) is 2.72. The highest BCUT2D eigenvalue weighted by atomic mass is 16.5. The highest BCUT2D eigenvalue weighted by Crippen LogP contribution is 2.24. The Morgan fingerprint density at radius 3 is 2.33 bits per heavy atom. The van der Waals surface area contributed by atoms with E-state index < -0.39 is 0 Å². The SMILES string of the molecule is Cc1cc(C)nc(NC(N)=Nc2cc(C(C)(C)C)no2)n1. The molecular weight excluding hydrogens is 268 g/mol. The van der Waals surface area contributed by atoms with E-state index in [1.807, 2.05) is 40.7 Å². The van der Waals surface area contributed by atoms with Crippen molar-refractivity contribution in [3.63, 3.8) is 0 Å². The molecule has 0 aromatic carbocycles. The third kappa shape index (κ3) is 4.01. The molecule has 7 heteroatoms. The lowest BCUT2D eigenvalue weighted by Crippen LogP contribution is -2.23. The predicted octanol–water partition coefficient (Wildman–Crippen LogP) is 2.44. The van der Waals surface area contributed by atoms with Crippen molar-refractivity contribution in [3.05, 3.63) is 29.2 Å². The molecule has 7 nitrogen and oxygen atoms in total. The highest BCUT2D eigenvalue weighted by molar-refractivity contribution is 5.92. The maximum atomic E-state index is 5.83. The van der Waals surface area contributed by atoms with Gasteiger partial charge in [-0.05, 0) is 19.9 Å². The molecule has 0 aliphatic rings. The second-order valence-corrected chi connectivity index (χ2v) is 5.90. The van der Waals surface area contributed by atoms with E-state index in [1.165, 1.54) is 0 Å². The Kier molecular flexibility index (Phi) is 3.93. The van der Waals surface area contributed by atoms with Gasteiger partial charge in [0.1, 0.15) is 0 Å². The maximum absolute atomic E-state index is 5.83. The summed E-state index contributed by atoms with van der Waals surface area (Å²) in [5.41, 5.74) is 8.25. The van der Waals surface area contributed by atoms with Crippen molar-refractivity contribution in [1.82, 2.24) is 15.1 Å². The van der Waals surface area contributed by atoms with Crippen molar-refractivity contribution in [3.8, 4) is 0 Å². The van der Waals surface area contributed by atoms with Gasteiger partial charge in [-0.2, -0.15) is 4.99 Å². The predicted molar refractivity (Wildman–Crippen MR) is 81.6 cm³/mol. The summed E-state index contributed by atoms with van der Waals surface area (Å²) in [6, 6.07) is 3.64. The van der Waals surface area contributed by atoms with Crippen molar-refractivity contribution in [2.75, 3.05) is 5.32 Å². The monoisotopic (exact) mass is 288 g/mol. The van der Waals surface area contributed by atoms with Crippen LogP contribution in [0.15, 0.2) is 21.6 Å². The molecule has 0 radical (unpaired) electrons. The first-order valence-electron chi connectivity index (χ1n) is 6.65. The first-order valence-corrected chi connectivity index (χ1v) is 6.65. The van der Waals surface area contributed by atoms with E-state index >= 15 is 0 Å². The summed E-state index contributed by atoms with van der Waals surface area (Å²) < 4.78 is 5.15. The summed E-state index contributed by atoms with van der Waals surface area (Å²) in [7, 11) is 0. The number of aryl methyl sites for hydroxylation is 2. The molecule has 2 aromatic heterocycles. The highest BCUT2D eigenvalue weighted by Gasteiger charge is 2.18. The van der Waals surface area contributed by atoms with Gasteiger partial charge in [-0.15, -0.1) is 0 Å². The van der Waals surface area contributed by atoms with E-state index in [2.05, 4.69) is 25.4 Å². The average Bonchev–Trinajstić information content (AvgIpc) is 2.75. The summed E-state index contributed by atoms with van der Waals surface area (Å²) in [6.45, 7) is 9.91. The lowest BCUT2D eigenvalue weighted by Gasteiger charge is -2.12. The van der Waals surface area contributed by atoms with Crippen LogP contribution in [-0.2, 0) is 5.41 Å². The van der Waals surface area contributed by atoms with Gasteiger partial charge in [-0.1, -0.05) is 25.9 Å². The van der Waals surface area contributed by atoms with Crippen LogP contribution < -0.4 is 11.1 Å². The Hall–Kier alpha value is -2.44. The number of hydrogen-bond acceptors (Lipinski definition) is 5. The Bertz CT molecular complexity index is 648. The van der Waals surface area contributed by atoms with E-state index in [4.69, 9.17) is 10.3 Å². The molecule has 2 aromatic rings. The molecule has 0 saturated carbocycles. The van der Waals surface area contributed by atoms with E-state index in [-0.39, 0.29) is 11.4 Å². The van der Waals surface area contributed by atoms with Gasteiger partial charge in [0, 0.05) is 22.9 Å². The fourth-order valence-corrected chi connectivity index (χ4v) is 1.71. The van der Waals surface area contributed by atoms with E-state index in [1.54, 1.807) is 6.07 Å². The van der Waals surface area contributed by atoms with Crippen LogP contribution in [0.3, 0.4) is 0 Å². The standard InChI is InChI=1S/C14H20N6O/c1-8-6-9(2)17-13(16-8)19-12(15)18-11-7-10(20-21-11)14(3,4)5/h6-7H,1-5H3,(H3,15,16,17,18,19). The summed E-state index contributed by atoms with van der Waals surface area (Å²) in [5.74, 6) is 0.898. The van der Waals surface area contributed by atoms with Gasteiger partial charge in [-0.25, -0.2) is 9.97 Å². The second-order valence-electron chi connectivity index (χ2n) is 5.90. The number of anilines is 1. The van der Waals surface area contributed by atoms with Crippen molar-refractivity contribution >= 4 is 17.8 Å². The van der Waals surface area contributed by atoms with Crippen molar-refractivity contribution in [2.45, 2.75) is 40.0 Å². The molecule has 112 valence electrons.